The van der Waals surface area contributed by atoms with Crippen molar-refractivity contribution in [3.63, 3.8) is 0 Å². The third kappa shape index (κ3) is 1.26. The van der Waals surface area contributed by atoms with E-state index in [1.54, 1.807) is 18.0 Å². The molecule has 2 aliphatic heterocycles. The van der Waals surface area contributed by atoms with Crippen LogP contribution in [0.1, 0.15) is 17.5 Å². The van der Waals surface area contributed by atoms with Gasteiger partial charge in [-0.15, -0.1) is 0 Å². The van der Waals surface area contributed by atoms with Gasteiger partial charge in [-0.05, 0) is 19.1 Å². The van der Waals surface area contributed by atoms with Gasteiger partial charge in [-0.1, -0.05) is 17.7 Å². The van der Waals surface area contributed by atoms with Gasteiger partial charge in [0, 0.05) is 25.1 Å². The average Bonchev–Trinajstić information content (AvgIpc) is 2.53. The molecule has 0 saturated carbocycles. The van der Waals surface area contributed by atoms with Crippen molar-refractivity contribution >= 4 is 17.6 Å². The minimum atomic E-state index is -1.15. The van der Waals surface area contributed by atoms with E-state index in [-0.39, 0.29) is 5.91 Å². The van der Waals surface area contributed by atoms with Gasteiger partial charge in [0.05, 0.1) is 5.69 Å². The van der Waals surface area contributed by atoms with E-state index in [0.29, 0.717) is 6.42 Å². The lowest BCUT2D eigenvalue weighted by atomic mass is 9.89. The minimum Gasteiger partial charge on any atom is -0.440 e. The second-order valence-corrected chi connectivity index (χ2v) is 4.74. The zero-order valence-corrected chi connectivity index (χ0v) is 10.3. The minimum absolute atomic E-state index is 0.180. The van der Waals surface area contributed by atoms with Gasteiger partial charge < -0.3 is 9.64 Å². The highest BCUT2D eigenvalue weighted by Crippen LogP contribution is 2.46. The van der Waals surface area contributed by atoms with E-state index in [0.717, 1.165) is 16.8 Å². The standard InChI is InChI=1S/C14H13NO3/c1-9-5-6-11-10(8-9)14(13(17)15(11)2)7-3-4-12(16)18-14/h3-6,8H,7H2,1-2H3/t14-/m1/s1. The lowest BCUT2D eigenvalue weighted by Gasteiger charge is -2.29. The number of esters is 1. The van der Waals surface area contributed by atoms with Gasteiger partial charge in [0.2, 0.25) is 5.60 Å². The Bertz CT molecular complexity index is 591. The van der Waals surface area contributed by atoms with Crippen molar-refractivity contribution in [2.45, 2.75) is 18.9 Å². The van der Waals surface area contributed by atoms with Crippen LogP contribution in [0, 0.1) is 6.92 Å². The molecule has 0 radical (unpaired) electrons. The smallest absolute Gasteiger partial charge is 0.331 e. The SMILES string of the molecule is Cc1ccc2c(c1)[C@]1(CC=CC(=O)O1)C(=O)N2C. The van der Waals surface area contributed by atoms with Crippen molar-refractivity contribution in [3.8, 4) is 0 Å². The summed E-state index contributed by atoms with van der Waals surface area (Å²) >= 11 is 0. The fourth-order valence-electron chi connectivity index (χ4n) is 2.63. The summed E-state index contributed by atoms with van der Waals surface area (Å²) < 4.78 is 5.38. The summed E-state index contributed by atoms with van der Waals surface area (Å²) in [6, 6.07) is 5.76. The lowest BCUT2D eigenvalue weighted by molar-refractivity contribution is -0.164. The van der Waals surface area contributed by atoms with Gasteiger partial charge >= 0.3 is 5.97 Å². The Morgan fingerprint density at radius 1 is 1.33 bits per heavy atom. The Balaban J connectivity index is 2.23. The van der Waals surface area contributed by atoms with Gasteiger partial charge in [0.1, 0.15) is 0 Å². The molecular formula is C14H13NO3. The third-order valence-corrected chi connectivity index (χ3v) is 3.53. The summed E-state index contributed by atoms with van der Waals surface area (Å²) in [7, 11) is 1.71. The predicted molar refractivity (Wildman–Crippen MR) is 66.1 cm³/mol. The van der Waals surface area contributed by atoms with Crippen LogP contribution >= 0.6 is 0 Å². The third-order valence-electron chi connectivity index (χ3n) is 3.53. The summed E-state index contributed by atoms with van der Waals surface area (Å²) in [5.74, 6) is -0.641. The van der Waals surface area contributed by atoms with Crippen molar-refractivity contribution in [1.29, 1.82) is 0 Å². The Morgan fingerprint density at radius 3 is 2.83 bits per heavy atom. The molecule has 1 aromatic carbocycles. The molecule has 1 aromatic rings. The Hall–Kier alpha value is -2.10. The predicted octanol–water partition coefficient (Wildman–Crippen LogP) is 1.67. The number of ether oxygens (including phenoxy) is 1. The van der Waals surface area contributed by atoms with Gasteiger partial charge in [0.25, 0.3) is 5.91 Å². The number of rotatable bonds is 0. The van der Waals surface area contributed by atoms with Gasteiger partial charge in [-0.3, -0.25) is 4.79 Å². The number of hydrogen-bond acceptors (Lipinski definition) is 3. The normalized spacial score (nSPS) is 25.6. The van der Waals surface area contributed by atoms with Crippen LogP contribution in [-0.2, 0) is 19.9 Å². The van der Waals surface area contributed by atoms with Crippen molar-refractivity contribution in [1.82, 2.24) is 0 Å². The number of amides is 1. The quantitative estimate of drug-likeness (QED) is 0.651. The molecule has 0 saturated heterocycles. The Labute approximate surface area is 105 Å². The zero-order chi connectivity index (χ0) is 12.9. The highest BCUT2D eigenvalue weighted by atomic mass is 16.6. The number of nitrogens with zero attached hydrogens (tertiary/aromatic N) is 1. The number of fused-ring (bicyclic) bond motifs is 2. The first kappa shape index (κ1) is 11.0. The van der Waals surface area contributed by atoms with E-state index in [4.69, 9.17) is 4.74 Å². The molecule has 1 spiro atoms. The Morgan fingerprint density at radius 2 is 2.11 bits per heavy atom. The topological polar surface area (TPSA) is 46.6 Å². The highest BCUT2D eigenvalue weighted by molar-refractivity contribution is 6.08. The second-order valence-electron chi connectivity index (χ2n) is 4.74. The average molecular weight is 243 g/mol. The number of likely N-dealkylation sites (N-methyl/N-ethyl adjacent to an activating group) is 1. The molecule has 0 N–H and O–H groups in total. The molecular weight excluding hydrogens is 230 g/mol. The molecule has 4 heteroatoms. The van der Waals surface area contributed by atoms with Crippen LogP contribution in [0.25, 0.3) is 0 Å². The summed E-state index contributed by atoms with van der Waals surface area (Å²) in [6.07, 6.45) is 3.47. The molecule has 0 aromatic heterocycles. The number of benzene rings is 1. The maximum absolute atomic E-state index is 12.4. The number of aryl methyl sites for hydroxylation is 1. The van der Waals surface area contributed by atoms with E-state index >= 15 is 0 Å². The lowest BCUT2D eigenvalue weighted by Crippen LogP contribution is -2.43. The monoisotopic (exact) mass is 243 g/mol. The van der Waals surface area contributed by atoms with Gasteiger partial charge in [-0.25, -0.2) is 4.79 Å². The van der Waals surface area contributed by atoms with Crippen LogP contribution in [0.3, 0.4) is 0 Å². The van der Waals surface area contributed by atoms with E-state index in [9.17, 15) is 9.59 Å². The van der Waals surface area contributed by atoms with Crippen LogP contribution in [0.15, 0.2) is 30.4 Å². The van der Waals surface area contributed by atoms with Crippen molar-refractivity contribution in [2.75, 3.05) is 11.9 Å². The molecule has 92 valence electrons. The van der Waals surface area contributed by atoms with Crippen molar-refractivity contribution in [3.05, 3.63) is 41.5 Å². The van der Waals surface area contributed by atoms with Gasteiger partial charge in [-0.2, -0.15) is 0 Å². The van der Waals surface area contributed by atoms with E-state index in [1.807, 2.05) is 25.1 Å². The molecule has 0 fully saturated rings. The van der Waals surface area contributed by atoms with E-state index in [1.165, 1.54) is 6.08 Å². The highest BCUT2D eigenvalue weighted by Gasteiger charge is 2.53. The molecule has 2 aliphatic rings. The molecule has 18 heavy (non-hydrogen) atoms. The van der Waals surface area contributed by atoms with Crippen molar-refractivity contribution in [2.24, 2.45) is 0 Å². The van der Waals surface area contributed by atoms with Crippen molar-refractivity contribution < 1.29 is 14.3 Å². The maximum atomic E-state index is 12.4. The molecule has 4 nitrogen and oxygen atoms in total. The molecule has 1 amide bonds. The fraction of sp³-hybridized carbons (Fsp3) is 0.286. The van der Waals surface area contributed by atoms with E-state index in [2.05, 4.69) is 0 Å². The molecule has 0 aliphatic carbocycles. The maximum Gasteiger partial charge on any atom is 0.331 e. The molecule has 0 unspecified atom stereocenters. The first-order valence-electron chi connectivity index (χ1n) is 5.83. The summed E-state index contributed by atoms with van der Waals surface area (Å²) in [4.78, 5) is 25.5. The van der Waals surface area contributed by atoms with Gasteiger partial charge in [0.15, 0.2) is 0 Å². The summed E-state index contributed by atoms with van der Waals surface area (Å²) in [5.41, 5.74) is 1.49. The van der Waals surface area contributed by atoms with E-state index < -0.39 is 11.6 Å². The van der Waals surface area contributed by atoms with Crippen LogP contribution in [0.4, 0.5) is 5.69 Å². The number of hydrogen-bond donors (Lipinski definition) is 0. The van der Waals surface area contributed by atoms with Crippen LogP contribution in [-0.4, -0.2) is 18.9 Å². The fourth-order valence-corrected chi connectivity index (χ4v) is 2.63. The first-order valence-corrected chi connectivity index (χ1v) is 5.83. The summed E-state index contributed by atoms with van der Waals surface area (Å²) in [5, 5.41) is 0. The van der Waals surface area contributed by atoms with Crippen LogP contribution < -0.4 is 4.90 Å². The molecule has 0 bridgehead atoms. The molecule has 3 rings (SSSR count). The van der Waals surface area contributed by atoms with Crippen LogP contribution in [0.2, 0.25) is 0 Å². The van der Waals surface area contributed by atoms with Crippen LogP contribution in [0.5, 0.6) is 0 Å². The second kappa shape index (κ2) is 3.45. The summed E-state index contributed by atoms with van der Waals surface area (Å²) in [6.45, 7) is 1.96. The Kier molecular flexibility index (Phi) is 2.11. The molecule has 1 atom stereocenters. The largest absolute Gasteiger partial charge is 0.440 e. The number of anilines is 1. The zero-order valence-electron chi connectivity index (χ0n) is 10.3. The number of carbonyl (C=O) groups is 2. The molecule has 2 heterocycles. The number of carbonyl (C=O) groups excluding carboxylic acids is 2. The first-order chi connectivity index (χ1) is 8.54.